The van der Waals surface area contributed by atoms with Gasteiger partial charge in [0.05, 0.1) is 11.4 Å². The first kappa shape index (κ1) is 20.1. The Kier molecular flexibility index (Phi) is 5.59. The number of alkyl halides is 3. The molecule has 1 atom stereocenters. The topological polar surface area (TPSA) is 49.4 Å². The summed E-state index contributed by atoms with van der Waals surface area (Å²) in [5, 5.41) is 2.48. The molecule has 2 amide bonds. The molecule has 0 radical (unpaired) electrons. The summed E-state index contributed by atoms with van der Waals surface area (Å²) >= 11 is 1.24. The molecular weight excluding hydrogens is 403 g/mol. The fourth-order valence-corrected chi connectivity index (χ4v) is 3.85. The lowest BCUT2D eigenvalue weighted by atomic mass is 10.1. The molecule has 2 aromatic carbocycles. The van der Waals surface area contributed by atoms with Gasteiger partial charge in [-0.05, 0) is 36.4 Å². The third-order valence-electron chi connectivity index (χ3n) is 4.06. The van der Waals surface area contributed by atoms with Gasteiger partial charge in [-0.15, -0.1) is 11.8 Å². The molecule has 148 valence electrons. The Balaban J connectivity index is 1.80. The third-order valence-corrected chi connectivity index (χ3v) is 5.07. The Morgan fingerprint density at radius 3 is 2.54 bits per heavy atom. The Bertz CT molecular complexity index is 919. The highest BCUT2D eigenvalue weighted by molar-refractivity contribution is 7.99. The first-order valence-corrected chi connectivity index (χ1v) is 9.14. The van der Waals surface area contributed by atoms with Crippen molar-refractivity contribution >= 4 is 29.3 Å². The minimum absolute atomic E-state index is 0.0821. The summed E-state index contributed by atoms with van der Waals surface area (Å²) in [7, 11) is 0. The Morgan fingerprint density at radius 1 is 1.11 bits per heavy atom. The molecule has 10 heteroatoms. The number of amides is 2. The second-order valence-corrected chi connectivity index (χ2v) is 6.98. The lowest BCUT2D eigenvalue weighted by molar-refractivity contribution is -0.140. The molecule has 0 saturated carbocycles. The van der Waals surface area contributed by atoms with Crippen LogP contribution < -0.4 is 5.32 Å². The van der Waals surface area contributed by atoms with E-state index in [1.807, 2.05) is 0 Å². The smallest absolute Gasteiger partial charge is 0.324 e. The van der Waals surface area contributed by atoms with Crippen LogP contribution >= 0.6 is 11.8 Å². The van der Waals surface area contributed by atoms with E-state index in [4.69, 9.17) is 0 Å². The molecule has 0 aliphatic carbocycles. The van der Waals surface area contributed by atoms with E-state index in [1.54, 1.807) is 0 Å². The molecule has 0 bridgehead atoms. The molecule has 0 aromatic heterocycles. The number of hydrogen-bond donors (Lipinski definition) is 1. The van der Waals surface area contributed by atoms with Crippen molar-refractivity contribution < 1.29 is 31.5 Å². The van der Waals surface area contributed by atoms with E-state index < -0.39 is 41.2 Å². The number of hydrogen-bond acceptors (Lipinski definition) is 3. The minimum Gasteiger partial charge on any atom is -0.324 e. The van der Waals surface area contributed by atoms with Gasteiger partial charge in [-0.25, -0.2) is 8.78 Å². The number of benzene rings is 2. The summed E-state index contributed by atoms with van der Waals surface area (Å²) < 4.78 is 65.3. The molecule has 3 rings (SSSR count). The van der Waals surface area contributed by atoms with Gasteiger partial charge in [0.25, 0.3) is 5.91 Å². The number of halogens is 5. The molecule has 1 fully saturated rings. The highest BCUT2D eigenvalue weighted by Gasteiger charge is 2.38. The molecule has 2 aromatic rings. The lowest BCUT2D eigenvalue weighted by Crippen LogP contribution is -2.44. The van der Waals surface area contributed by atoms with Crippen LogP contribution in [-0.2, 0) is 11.0 Å². The zero-order valence-electron chi connectivity index (χ0n) is 14.1. The maximum Gasteiger partial charge on any atom is 0.419 e. The molecule has 1 saturated heterocycles. The Hall–Kier alpha value is -2.62. The third kappa shape index (κ3) is 4.27. The van der Waals surface area contributed by atoms with E-state index in [1.165, 1.54) is 30.0 Å². The van der Waals surface area contributed by atoms with Gasteiger partial charge in [-0.1, -0.05) is 6.07 Å². The fourth-order valence-electron chi connectivity index (χ4n) is 2.69. The van der Waals surface area contributed by atoms with Crippen LogP contribution in [0.5, 0.6) is 0 Å². The average Bonchev–Trinajstić information content (AvgIpc) is 3.10. The van der Waals surface area contributed by atoms with Crippen LogP contribution in [0.4, 0.5) is 27.6 Å². The van der Waals surface area contributed by atoms with Gasteiger partial charge in [0.1, 0.15) is 17.7 Å². The lowest BCUT2D eigenvalue weighted by Gasteiger charge is -2.23. The number of carbonyl (C=O) groups is 2. The van der Waals surface area contributed by atoms with Gasteiger partial charge in [0.2, 0.25) is 5.91 Å². The van der Waals surface area contributed by atoms with E-state index in [0.717, 1.165) is 17.0 Å². The summed E-state index contributed by atoms with van der Waals surface area (Å²) in [6, 6.07) is 6.14. The maximum absolute atomic E-state index is 13.4. The van der Waals surface area contributed by atoms with Crippen LogP contribution in [0.3, 0.4) is 0 Å². The normalized spacial score (nSPS) is 16.9. The number of nitrogens with one attached hydrogen (secondary N) is 1. The van der Waals surface area contributed by atoms with Crippen molar-refractivity contribution in [3.63, 3.8) is 0 Å². The second kappa shape index (κ2) is 7.78. The van der Waals surface area contributed by atoms with Crippen molar-refractivity contribution in [3.8, 4) is 0 Å². The zero-order chi connectivity index (χ0) is 20.5. The summed E-state index contributed by atoms with van der Waals surface area (Å²) in [6.07, 6.45) is -4.95. The van der Waals surface area contributed by atoms with Gasteiger partial charge in [0.15, 0.2) is 0 Å². The number of rotatable bonds is 3. The number of carbonyl (C=O) groups excluding carboxylic acids is 2. The second-order valence-electron chi connectivity index (χ2n) is 5.98. The largest absolute Gasteiger partial charge is 0.419 e. The van der Waals surface area contributed by atoms with Crippen LogP contribution in [0, 0.1) is 11.6 Å². The van der Waals surface area contributed by atoms with Crippen LogP contribution in [0.25, 0.3) is 0 Å². The first-order valence-electron chi connectivity index (χ1n) is 7.98. The predicted octanol–water partition coefficient (Wildman–Crippen LogP) is 4.14. The molecular formula is C18H13F5N2O2S. The molecule has 4 nitrogen and oxygen atoms in total. The maximum atomic E-state index is 13.4. The highest BCUT2D eigenvalue weighted by Crippen LogP contribution is 2.33. The fraction of sp³-hybridized carbons (Fsp3) is 0.222. The van der Waals surface area contributed by atoms with Crippen molar-refractivity contribution in [3.05, 3.63) is 65.2 Å². The zero-order valence-corrected chi connectivity index (χ0v) is 14.9. The van der Waals surface area contributed by atoms with Crippen molar-refractivity contribution in [1.82, 2.24) is 4.90 Å². The van der Waals surface area contributed by atoms with Crippen molar-refractivity contribution in [2.24, 2.45) is 0 Å². The molecule has 1 aliphatic rings. The van der Waals surface area contributed by atoms with E-state index in [-0.39, 0.29) is 22.9 Å². The van der Waals surface area contributed by atoms with E-state index in [9.17, 15) is 31.5 Å². The van der Waals surface area contributed by atoms with Crippen LogP contribution in [0.15, 0.2) is 42.5 Å². The molecule has 1 N–H and O–H groups in total. The van der Waals surface area contributed by atoms with Crippen molar-refractivity contribution in [2.75, 3.05) is 16.9 Å². The summed E-state index contributed by atoms with van der Waals surface area (Å²) in [6.45, 7) is 0. The molecule has 0 spiro atoms. The van der Waals surface area contributed by atoms with E-state index in [0.29, 0.717) is 12.1 Å². The van der Waals surface area contributed by atoms with Gasteiger partial charge in [-0.3, -0.25) is 9.59 Å². The molecule has 28 heavy (non-hydrogen) atoms. The van der Waals surface area contributed by atoms with Crippen LogP contribution in [0.2, 0.25) is 0 Å². The number of thioether (sulfide) groups is 1. The Labute approximate surface area is 160 Å². The molecule has 1 aliphatic heterocycles. The number of nitrogens with zero attached hydrogens (tertiary/aromatic N) is 1. The van der Waals surface area contributed by atoms with E-state index in [2.05, 4.69) is 5.32 Å². The molecule has 1 heterocycles. The Morgan fingerprint density at radius 2 is 1.86 bits per heavy atom. The summed E-state index contributed by atoms with van der Waals surface area (Å²) in [5.74, 6) is -3.16. The monoisotopic (exact) mass is 416 g/mol. The average molecular weight is 416 g/mol. The highest BCUT2D eigenvalue weighted by atomic mass is 32.2. The quantitative estimate of drug-likeness (QED) is 0.766. The predicted molar refractivity (Wildman–Crippen MR) is 93.7 cm³/mol. The van der Waals surface area contributed by atoms with E-state index >= 15 is 0 Å². The minimum atomic E-state index is -4.95. The summed E-state index contributed by atoms with van der Waals surface area (Å²) in [5.41, 5.74) is -1.74. The van der Waals surface area contributed by atoms with Gasteiger partial charge < -0.3 is 10.2 Å². The summed E-state index contributed by atoms with van der Waals surface area (Å²) in [4.78, 5) is 26.2. The van der Waals surface area contributed by atoms with Gasteiger partial charge >= 0.3 is 6.18 Å². The van der Waals surface area contributed by atoms with Crippen LogP contribution in [0.1, 0.15) is 15.9 Å². The number of anilines is 1. The van der Waals surface area contributed by atoms with Crippen molar-refractivity contribution in [1.29, 1.82) is 0 Å². The van der Waals surface area contributed by atoms with Gasteiger partial charge in [0, 0.05) is 17.0 Å². The molecule has 0 unspecified atom stereocenters. The SMILES string of the molecule is O=C(Nc1cccc(F)c1)[C@H]1CSCN1C(=O)c1ccc(F)c(C(F)(F)F)c1. The first-order chi connectivity index (χ1) is 13.2. The van der Waals surface area contributed by atoms with Crippen LogP contribution in [-0.4, -0.2) is 34.4 Å². The van der Waals surface area contributed by atoms with Crippen molar-refractivity contribution in [2.45, 2.75) is 12.2 Å². The van der Waals surface area contributed by atoms with Gasteiger partial charge in [-0.2, -0.15) is 13.2 Å². The standard InChI is InChI=1S/C18H13F5N2O2S/c19-11-2-1-3-12(7-11)24-16(26)15-8-28-9-25(15)17(27)10-4-5-14(20)13(6-10)18(21,22)23/h1-7,15H,8-9H2,(H,24,26)/t15-/m1/s1.